The number of rotatable bonds is 5. The van der Waals surface area contributed by atoms with Crippen molar-refractivity contribution in [3.63, 3.8) is 0 Å². The van der Waals surface area contributed by atoms with Crippen molar-refractivity contribution in [1.29, 1.82) is 0 Å². The van der Waals surface area contributed by atoms with Crippen molar-refractivity contribution in [2.75, 3.05) is 6.61 Å². The lowest BCUT2D eigenvalue weighted by molar-refractivity contribution is -0.399. The van der Waals surface area contributed by atoms with Crippen molar-refractivity contribution >= 4 is 0 Å². The van der Waals surface area contributed by atoms with Gasteiger partial charge in [-0.15, -0.1) is 0 Å². The predicted molar refractivity (Wildman–Crippen MR) is 67.4 cm³/mol. The van der Waals surface area contributed by atoms with E-state index in [1.54, 1.807) is 0 Å². The van der Waals surface area contributed by atoms with Crippen molar-refractivity contribution in [3.8, 4) is 0 Å². The van der Waals surface area contributed by atoms with Gasteiger partial charge in [0.15, 0.2) is 0 Å². The van der Waals surface area contributed by atoms with Gasteiger partial charge in [-0.25, -0.2) is 9.78 Å². The van der Waals surface area contributed by atoms with Gasteiger partial charge >= 0.3 is 0 Å². The molecule has 0 radical (unpaired) electrons. The Morgan fingerprint density at radius 3 is 2.12 bits per heavy atom. The molecule has 4 aliphatic rings. The second kappa shape index (κ2) is 4.55. The molecule has 0 aliphatic heterocycles. The van der Waals surface area contributed by atoms with Gasteiger partial charge in [0, 0.05) is 0 Å². The Hall–Kier alpha value is -0.0800. The molecule has 0 unspecified atom stereocenters. The normalized spacial score (nSPS) is 47.6. The van der Waals surface area contributed by atoms with Crippen LogP contribution in [0.25, 0.3) is 0 Å². The van der Waals surface area contributed by atoms with E-state index in [2.05, 4.69) is 13.8 Å². The molecule has 0 amide bonds. The smallest absolute Gasteiger partial charge is 0.106 e. The summed E-state index contributed by atoms with van der Waals surface area (Å²) in [5, 5.41) is 0. The van der Waals surface area contributed by atoms with E-state index in [1.165, 1.54) is 38.5 Å². The zero-order valence-corrected chi connectivity index (χ0v) is 11.3. The molecule has 4 fully saturated rings. The second-order valence-corrected chi connectivity index (χ2v) is 6.75. The maximum absolute atomic E-state index is 5.91. The topological polar surface area (TPSA) is 18.5 Å². The van der Waals surface area contributed by atoms with E-state index < -0.39 is 0 Å². The molecule has 4 aliphatic carbocycles. The van der Waals surface area contributed by atoms with Gasteiger partial charge in [-0.2, -0.15) is 0 Å². The molecule has 0 aromatic carbocycles. The Kier molecular flexibility index (Phi) is 3.20. The first kappa shape index (κ1) is 12.0. The highest BCUT2D eigenvalue weighted by Crippen LogP contribution is 2.59. The van der Waals surface area contributed by atoms with E-state index in [4.69, 9.17) is 9.78 Å². The molecular formula is C15H26O2. The summed E-state index contributed by atoms with van der Waals surface area (Å²) in [5.41, 5.74) is 0.0289. The van der Waals surface area contributed by atoms with Crippen LogP contribution in [0.5, 0.6) is 0 Å². The molecule has 0 heterocycles. The van der Waals surface area contributed by atoms with Gasteiger partial charge in [0.05, 0.1) is 6.61 Å². The summed E-state index contributed by atoms with van der Waals surface area (Å²) in [5.74, 6) is 3.54. The highest BCUT2D eigenvalue weighted by atomic mass is 17.2. The summed E-state index contributed by atoms with van der Waals surface area (Å²) < 4.78 is 0. The van der Waals surface area contributed by atoms with Crippen molar-refractivity contribution in [1.82, 2.24) is 0 Å². The summed E-state index contributed by atoms with van der Waals surface area (Å²) in [6, 6.07) is 0. The Labute approximate surface area is 105 Å². The molecule has 0 N–H and O–H groups in total. The monoisotopic (exact) mass is 238 g/mol. The number of hydrogen-bond donors (Lipinski definition) is 0. The average Bonchev–Trinajstić information content (AvgIpc) is 2.31. The lowest BCUT2D eigenvalue weighted by atomic mass is 9.50. The van der Waals surface area contributed by atoms with Crippen molar-refractivity contribution in [2.45, 2.75) is 64.4 Å². The minimum absolute atomic E-state index is 0.0289. The van der Waals surface area contributed by atoms with E-state index >= 15 is 0 Å². The van der Waals surface area contributed by atoms with Crippen LogP contribution in [0.4, 0.5) is 0 Å². The quantitative estimate of drug-likeness (QED) is 0.410. The summed E-state index contributed by atoms with van der Waals surface area (Å²) in [4.78, 5) is 11.4. The zero-order chi connectivity index (χ0) is 11.9. The largest absolute Gasteiger partial charge is 0.236 e. The Morgan fingerprint density at radius 1 is 1.00 bits per heavy atom. The molecule has 98 valence electrons. The average molecular weight is 238 g/mol. The fraction of sp³-hybridized carbons (Fsp3) is 1.00. The highest BCUT2D eigenvalue weighted by molar-refractivity contribution is 5.05. The number of unbranched alkanes of at least 4 members (excludes halogenated alkanes) is 1. The van der Waals surface area contributed by atoms with E-state index in [-0.39, 0.29) is 5.60 Å². The first-order valence-corrected chi connectivity index (χ1v) is 7.53. The Balaban J connectivity index is 1.61. The zero-order valence-electron chi connectivity index (χ0n) is 11.3. The fourth-order valence-corrected chi connectivity index (χ4v) is 4.63. The molecule has 4 rings (SSSR count). The van der Waals surface area contributed by atoms with Gasteiger partial charge < -0.3 is 0 Å². The van der Waals surface area contributed by atoms with E-state index in [0.29, 0.717) is 0 Å². The maximum atomic E-state index is 5.91. The van der Waals surface area contributed by atoms with Crippen molar-refractivity contribution in [3.05, 3.63) is 0 Å². The van der Waals surface area contributed by atoms with Crippen LogP contribution in [0.15, 0.2) is 0 Å². The highest BCUT2D eigenvalue weighted by Gasteiger charge is 2.56. The van der Waals surface area contributed by atoms with Gasteiger partial charge in [-0.05, 0) is 69.1 Å². The van der Waals surface area contributed by atoms with Crippen LogP contribution in [0.1, 0.15) is 58.8 Å². The summed E-state index contributed by atoms with van der Waals surface area (Å²) in [7, 11) is 0. The lowest BCUT2D eigenvalue weighted by Gasteiger charge is -2.58. The van der Waals surface area contributed by atoms with Crippen LogP contribution in [-0.4, -0.2) is 12.2 Å². The van der Waals surface area contributed by atoms with E-state index in [1.807, 2.05) is 0 Å². The second-order valence-electron chi connectivity index (χ2n) is 6.75. The van der Waals surface area contributed by atoms with Gasteiger partial charge in [0.1, 0.15) is 5.60 Å². The lowest BCUT2D eigenvalue weighted by Crippen LogP contribution is -2.57. The van der Waals surface area contributed by atoms with Gasteiger partial charge in [0.2, 0.25) is 0 Å². The van der Waals surface area contributed by atoms with Crippen molar-refractivity contribution < 1.29 is 9.78 Å². The van der Waals surface area contributed by atoms with Crippen molar-refractivity contribution in [2.24, 2.45) is 23.7 Å². The number of hydrogen-bond acceptors (Lipinski definition) is 2. The third-order valence-corrected chi connectivity index (χ3v) is 5.58. The fourth-order valence-electron chi connectivity index (χ4n) is 4.63. The molecule has 0 aromatic rings. The van der Waals surface area contributed by atoms with E-state index in [9.17, 15) is 0 Å². The Bertz CT molecular complexity index is 246. The molecule has 17 heavy (non-hydrogen) atoms. The third kappa shape index (κ3) is 2.04. The molecule has 0 spiro atoms. The minimum Gasteiger partial charge on any atom is -0.236 e. The SMILES string of the molecule is CCCCOOC1(C)C2CC3CC(C2)CC1C3. The first-order chi connectivity index (χ1) is 8.22. The first-order valence-electron chi connectivity index (χ1n) is 7.53. The molecule has 0 aromatic heterocycles. The van der Waals surface area contributed by atoms with Crippen LogP contribution in [-0.2, 0) is 9.78 Å². The molecule has 0 saturated heterocycles. The van der Waals surface area contributed by atoms with Crippen LogP contribution in [0.2, 0.25) is 0 Å². The summed E-state index contributed by atoms with van der Waals surface area (Å²) >= 11 is 0. The summed E-state index contributed by atoms with van der Waals surface area (Å²) in [6.07, 6.45) is 9.34. The van der Waals surface area contributed by atoms with Gasteiger partial charge in [0.25, 0.3) is 0 Å². The van der Waals surface area contributed by atoms with Crippen LogP contribution >= 0.6 is 0 Å². The van der Waals surface area contributed by atoms with Gasteiger partial charge in [-0.3, -0.25) is 0 Å². The molecular weight excluding hydrogens is 212 g/mol. The standard InChI is InChI=1S/C15H26O2/c1-3-4-5-16-17-15(2)13-7-11-6-12(9-13)10-14(15)8-11/h11-14H,3-10H2,1-2H3. The summed E-state index contributed by atoms with van der Waals surface area (Å²) in [6.45, 7) is 5.26. The molecule has 2 heteroatoms. The molecule has 4 saturated carbocycles. The van der Waals surface area contributed by atoms with Crippen LogP contribution < -0.4 is 0 Å². The van der Waals surface area contributed by atoms with Crippen LogP contribution in [0, 0.1) is 23.7 Å². The predicted octanol–water partition coefficient (Wildman–Crippen LogP) is 3.95. The molecule has 4 bridgehead atoms. The maximum Gasteiger partial charge on any atom is 0.106 e. The van der Waals surface area contributed by atoms with Crippen LogP contribution in [0.3, 0.4) is 0 Å². The van der Waals surface area contributed by atoms with E-state index in [0.717, 1.165) is 36.7 Å². The Morgan fingerprint density at radius 2 is 1.59 bits per heavy atom. The third-order valence-electron chi connectivity index (χ3n) is 5.58. The van der Waals surface area contributed by atoms with Gasteiger partial charge in [-0.1, -0.05) is 13.3 Å². The molecule has 0 atom stereocenters. The molecule has 2 nitrogen and oxygen atoms in total. The minimum atomic E-state index is 0.0289.